The third-order valence-electron chi connectivity index (χ3n) is 2.55. The number of rotatable bonds is 4. The number of carbonyl (C=O) groups is 1. The zero-order valence-corrected chi connectivity index (χ0v) is 10.1. The second kappa shape index (κ2) is 5.55. The Balaban J connectivity index is 1.92. The molecule has 2 rings (SSSR count). The number of furan rings is 1. The van der Waals surface area contributed by atoms with E-state index in [1.165, 1.54) is 0 Å². The number of nitrogens with one attached hydrogen (secondary N) is 2. The van der Waals surface area contributed by atoms with Gasteiger partial charge in [0.2, 0.25) is 0 Å². The molecule has 0 fully saturated rings. The molecule has 1 unspecified atom stereocenters. The highest BCUT2D eigenvalue weighted by molar-refractivity contribution is 5.78. The lowest BCUT2D eigenvalue weighted by Crippen LogP contribution is -2.41. The summed E-state index contributed by atoms with van der Waals surface area (Å²) in [4.78, 5) is 11.4. The Morgan fingerprint density at radius 2 is 2.22 bits per heavy atom. The van der Waals surface area contributed by atoms with E-state index in [4.69, 9.17) is 9.52 Å². The summed E-state index contributed by atoms with van der Waals surface area (Å²) in [6.45, 7) is 1.96. The molecule has 5 nitrogen and oxygen atoms in total. The summed E-state index contributed by atoms with van der Waals surface area (Å²) in [7, 11) is 0. The van der Waals surface area contributed by atoms with Gasteiger partial charge in [-0.1, -0.05) is 18.2 Å². The van der Waals surface area contributed by atoms with Gasteiger partial charge in [0.1, 0.15) is 11.3 Å². The molecule has 0 aliphatic carbocycles. The van der Waals surface area contributed by atoms with E-state index in [0.29, 0.717) is 12.3 Å². The number of aliphatic hydroxyl groups is 1. The van der Waals surface area contributed by atoms with Crippen molar-refractivity contribution in [3.8, 4) is 0 Å². The number of para-hydroxylation sites is 1. The fourth-order valence-electron chi connectivity index (χ4n) is 1.61. The first-order chi connectivity index (χ1) is 8.69. The fraction of sp³-hybridized carbons (Fsp3) is 0.308. The molecule has 5 heteroatoms. The van der Waals surface area contributed by atoms with E-state index < -0.39 is 0 Å². The highest BCUT2D eigenvalue weighted by atomic mass is 16.3. The summed E-state index contributed by atoms with van der Waals surface area (Å²) in [5, 5.41) is 15.1. The number of hydrogen-bond donors (Lipinski definition) is 3. The Morgan fingerprint density at radius 1 is 1.44 bits per heavy atom. The van der Waals surface area contributed by atoms with Gasteiger partial charge in [0.25, 0.3) is 0 Å². The number of amides is 2. The molecule has 1 aromatic carbocycles. The van der Waals surface area contributed by atoms with Crippen LogP contribution in [0.2, 0.25) is 0 Å². The van der Waals surface area contributed by atoms with E-state index in [-0.39, 0.29) is 18.7 Å². The molecule has 1 aromatic heterocycles. The maximum Gasteiger partial charge on any atom is 0.315 e. The number of benzene rings is 1. The third-order valence-corrected chi connectivity index (χ3v) is 2.55. The van der Waals surface area contributed by atoms with Crippen molar-refractivity contribution in [3.05, 3.63) is 36.1 Å². The summed E-state index contributed by atoms with van der Waals surface area (Å²) in [6, 6.07) is 8.98. The van der Waals surface area contributed by atoms with Crippen LogP contribution in [0.3, 0.4) is 0 Å². The Kier molecular flexibility index (Phi) is 3.84. The van der Waals surface area contributed by atoms with Crippen molar-refractivity contribution in [3.63, 3.8) is 0 Å². The molecular weight excluding hydrogens is 232 g/mol. The lowest BCUT2D eigenvalue weighted by atomic mass is 10.2. The summed E-state index contributed by atoms with van der Waals surface area (Å²) < 4.78 is 5.56. The number of hydrogen-bond acceptors (Lipinski definition) is 3. The van der Waals surface area contributed by atoms with E-state index in [1.54, 1.807) is 6.92 Å². The minimum absolute atomic E-state index is 0.0853. The smallest absolute Gasteiger partial charge is 0.315 e. The van der Waals surface area contributed by atoms with Crippen molar-refractivity contribution in [1.82, 2.24) is 10.6 Å². The maximum atomic E-state index is 11.4. The fourth-order valence-corrected chi connectivity index (χ4v) is 1.61. The molecule has 2 aromatic rings. The van der Waals surface area contributed by atoms with Crippen LogP contribution >= 0.6 is 0 Å². The second-order valence-corrected chi connectivity index (χ2v) is 4.16. The van der Waals surface area contributed by atoms with Crippen molar-refractivity contribution in [2.45, 2.75) is 19.5 Å². The van der Waals surface area contributed by atoms with Crippen molar-refractivity contribution in [2.24, 2.45) is 0 Å². The summed E-state index contributed by atoms with van der Waals surface area (Å²) in [5.74, 6) is 0.697. The van der Waals surface area contributed by atoms with Crippen LogP contribution in [-0.2, 0) is 6.54 Å². The van der Waals surface area contributed by atoms with Crippen LogP contribution in [0.4, 0.5) is 4.79 Å². The van der Waals surface area contributed by atoms with Gasteiger partial charge in [-0.3, -0.25) is 0 Å². The number of aliphatic hydroxyl groups excluding tert-OH is 1. The first-order valence-electron chi connectivity index (χ1n) is 5.81. The first-order valence-corrected chi connectivity index (χ1v) is 5.81. The van der Waals surface area contributed by atoms with Crippen LogP contribution < -0.4 is 10.6 Å². The van der Waals surface area contributed by atoms with Gasteiger partial charge in [-0.2, -0.15) is 0 Å². The molecule has 1 heterocycles. The Morgan fingerprint density at radius 3 is 2.94 bits per heavy atom. The lowest BCUT2D eigenvalue weighted by Gasteiger charge is -2.10. The van der Waals surface area contributed by atoms with Crippen molar-refractivity contribution < 1.29 is 14.3 Å². The topological polar surface area (TPSA) is 74.5 Å². The minimum Gasteiger partial charge on any atom is -0.459 e. The molecule has 2 amide bonds. The van der Waals surface area contributed by atoms with Gasteiger partial charge in [0.15, 0.2) is 0 Å². The largest absolute Gasteiger partial charge is 0.459 e. The molecular formula is C13H16N2O3. The molecule has 0 radical (unpaired) electrons. The molecule has 0 saturated carbocycles. The van der Waals surface area contributed by atoms with Crippen LogP contribution in [0.15, 0.2) is 34.7 Å². The van der Waals surface area contributed by atoms with Crippen LogP contribution in [0.25, 0.3) is 11.0 Å². The summed E-state index contributed by atoms with van der Waals surface area (Å²) in [6.07, 6.45) is 0. The van der Waals surface area contributed by atoms with E-state index in [1.807, 2.05) is 30.3 Å². The van der Waals surface area contributed by atoms with Crippen LogP contribution in [-0.4, -0.2) is 23.8 Å². The van der Waals surface area contributed by atoms with Crippen LogP contribution in [0, 0.1) is 0 Å². The van der Waals surface area contributed by atoms with Crippen LogP contribution in [0.5, 0.6) is 0 Å². The molecule has 1 atom stereocenters. The molecule has 96 valence electrons. The van der Waals surface area contributed by atoms with Crippen LogP contribution in [0.1, 0.15) is 12.7 Å². The van der Waals surface area contributed by atoms with Crippen molar-refractivity contribution in [2.75, 3.05) is 6.61 Å². The highest BCUT2D eigenvalue weighted by Gasteiger charge is 2.07. The van der Waals surface area contributed by atoms with Crippen molar-refractivity contribution in [1.29, 1.82) is 0 Å². The van der Waals surface area contributed by atoms with E-state index in [2.05, 4.69) is 10.6 Å². The van der Waals surface area contributed by atoms with E-state index >= 15 is 0 Å². The monoisotopic (exact) mass is 248 g/mol. The Labute approximate surface area is 105 Å². The van der Waals surface area contributed by atoms with Gasteiger partial charge in [0.05, 0.1) is 19.2 Å². The zero-order chi connectivity index (χ0) is 13.0. The van der Waals surface area contributed by atoms with Gasteiger partial charge >= 0.3 is 6.03 Å². The standard InChI is InChI=1S/C13H16N2O3/c1-9(8-16)15-13(17)14-7-11-6-10-4-2-3-5-12(10)18-11/h2-6,9,16H,7-8H2,1H3,(H2,14,15,17). The summed E-state index contributed by atoms with van der Waals surface area (Å²) >= 11 is 0. The molecule has 3 N–H and O–H groups in total. The average molecular weight is 248 g/mol. The molecule has 18 heavy (non-hydrogen) atoms. The third kappa shape index (κ3) is 3.01. The minimum atomic E-state index is -0.322. The molecule has 0 bridgehead atoms. The molecule has 0 spiro atoms. The van der Waals surface area contributed by atoms with E-state index in [0.717, 1.165) is 11.0 Å². The highest BCUT2D eigenvalue weighted by Crippen LogP contribution is 2.18. The zero-order valence-electron chi connectivity index (χ0n) is 10.1. The van der Waals surface area contributed by atoms with Gasteiger partial charge < -0.3 is 20.2 Å². The molecule has 0 saturated heterocycles. The Bertz CT molecular complexity index is 503. The normalized spacial score (nSPS) is 12.3. The quantitative estimate of drug-likeness (QED) is 0.769. The van der Waals surface area contributed by atoms with E-state index in [9.17, 15) is 4.79 Å². The Hall–Kier alpha value is -2.01. The average Bonchev–Trinajstić information content (AvgIpc) is 2.79. The number of carbonyl (C=O) groups excluding carboxylic acids is 1. The van der Waals surface area contributed by atoms with Gasteiger partial charge in [-0.05, 0) is 19.1 Å². The maximum absolute atomic E-state index is 11.4. The molecule has 0 aliphatic rings. The summed E-state index contributed by atoms with van der Waals surface area (Å²) in [5.41, 5.74) is 0.804. The second-order valence-electron chi connectivity index (χ2n) is 4.16. The number of fused-ring (bicyclic) bond motifs is 1. The van der Waals surface area contributed by atoms with Gasteiger partial charge in [-0.15, -0.1) is 0 Å². The van der Waals surface area contributed by atoms with Crippen molar-refractivity contribution >= 4 is 17.0 Å². The number of urea groups is 1. The first kappa shape index (κ1) is 12.4. The lowest BCUT2D eigenvalue weighted by molar-refractivity contribution is 0.219. The van der Waals surface area contributed by atoms with Gasteiger partial charge in [0, 0.05) is 5.39 Å². The van der Waals surface area contributed by atoms with Gasteiger partial charge in [-0.25, -0.2) is 4.79 Å². The predicted octanol–water partition coefficient (Wildman–Crippen LogP) is 1.61. The molecule has 0 aliphatic heterocycles. The SMILES string of the molecule is CC(CO)NC(=O)NCc1cc2ccccc2o1. The predicted molar refractivity (Wildman–Crippen MR) is 68.1 cm³/mol.